The predicted molar refractivity (Wildman–Crippen MR) is 102 cm³/mol. The molecule has 134 valence electrons. The third-order valence-corrected chi connectivity index (χ3v) is 4.99. The van der Waals surface area contributed by atoms with Crippen LogP contribution in [0.1, 0.15) is 44.5 Å². The van der Waals surface area contributed by atoms with E-state index in [9.17, 15) is 0 Å². The van der Waals surface area contributed by atoms with Crippen molar-refractivity contribution in [2.75, 3.05) is 24.2 Å². The summed E-state index contributed by atoms with van der Waals surface area (Å²) in [5.74, 6) is 1.98. The summed E-state index contributed by atoms with van der Waals surface area (Å²) in [6.45, 7) is 7.85. The van der Waals surface area contributed by atoms with Gasteiger partial charge in [0, 0.05) is 24.6 Å². The lowest BCUT2D eigenvalue weighted by atomic mass is 9.67. The average molecular weight is 340 g/mol. The van der Waals surface area contributed by atoms with Crippen molar-refractivity contribution in [1.82, 2.24) is 9.97 Å². The number of nitrogens with zero attached hydrogens (tertiary/aromatic N) is 2. The van der Waals surface area contributed by atoms with Gasteiger partial charge < -0.3 is 15.8 Å². The average Bonchev–Trinajstić information content (AvgIpc) is 2.54. The number of aryl methyl sites for hydroxylation is 1. The number of nitrogen functional groups attached to an aromatic ring is 1. The highest BCUT2D eigenvalue weighted by Gasteiger charge is 2.41. The van der Waals surface area contributed by atoms with Gasteiger partial charge in [-0.25, -0.2) is 9.97 Å². The molecule has 1 aromatic heterocycles. The van der Waals surface area contributed by atoms with Crippen LogP contribution in [0.4, 0.5) is 11.6 Å². The van der Waals surface area contributed by atoms with Gasteiger partial charge in [-0.1, -0.05) is 30.3 Å². The van der Waals surface area contributed by atoms with Crippen LogP contribution in [0.5, 0.6) is 0 Å². The van der Waals surface area contributed by atoms with Crippen molar-refractivity contribution in [3.63, 3.8) is 0 Å². The van der Waals surface area contributed by atoms with Crippen molar-refractivity contribution >= 4 is 11.6 Å². The van der Waals surface area contributed by atoms with Crippen LogP contribution in [0, 0.1) is 6.92 Å². The Morgan fingerprint density at radius 3 is 2.64 bits per heavy atom. The second-order valence-electron chi connectivity index (χ2n) is 7.58. The second kappa shape index (κ2) is 7.00. The monoisotopic (exact) mass is 340 g/mol. The first kappa shape index (κ1) is 17.7. The van der Waals surface area contributed by atoms with Gasteiger partial charge in [0.1, 0.15) is 17.5 Å². The number of rotatable bonds is 5. The molecule has 1 aliphatic rings. The van der Waals surface area contributed by atoms with E-state index in [0.29, 0.717) is 11.6 Å². The number of nitrogens with one attached hydrogen (secondary N) is 1. The summed E-state index contributed by atoms with van der Waals surface area (Å²) in [7, 11) is 0. The van der Waals surface area contributed by atoms with Crippen molar-refractivity contribution in [3.05, 3.63) is 47.8 Å². The summed E-state index contributed by atoms with van der Waals surface area (Å²) >= 11 is 0. The van der Waals surface area contributed by atoms with Crippen molar-refractivity contribution in [2.45, 2.75) is 51.0 Å². The fourth-order valence-corrected chi connectivity index (χ4v) is 3.98. The van der Waals surface area contributed by atoms with Gasteiger partial charge in [0.05, 0.1) is 5.60 Å². The van der Waals surface area contributed by atoms with Crippen LogP contribution in [0.3, 0.4) is 0 Å². The normalized spacial score (nSPS) is 22.5. The molecule has 3 N–H and O–H groups in total. The SMILES string of the molecule is Cc1nc(N)cc(NCC[C@@]2(c3ccccc3)CCOC(C)(C)C2)n1. The molecule has 2 aromatic rings. The van der Waals surface area contributed by atoms with Gasteiger partial charge in [0.25, 0.3) is 0 Å². The van der Waals surface area contributed by atoms with E-state index in [2.05, 4.69) is 59.5 Å². The van der Waals surface area contributed by atoms with Crippen molar-refractivity contribution in [3.8, 4) is 0 Å². The summed E-state index contributed by atoms with van der Waals surface area (Å²) in [5, 5.41) is 3.42. The van der Waals surface area contributed by atoms with Crippen LogP contribution < -0.4 is 11.1 Å². The Balaban J connectivity index is 1.76. The fraction of sp³-hybridized carbons (Fsp3) is 0.500. The largest absolute Gasteiger partial charge is 0.384 e. The molecule has 3 rings (SSSR count). The molecule has 5 heteroatoms. The molecule has 1 saturated heterocycles. The Kier molecular flexibility index (Phi) is 4.95. The van der Waals surface area contributed by atoms with Gasteiger partial charge in [0.15, 0.2) is 0 Å². The van der Waals surface area contributed by atoms with Crippen molar-refractivity contribution < 1.29 is 4.74 Å². The lowest BCUT2D eigenvalue weighted by molar-refractivity contribution is -0.0835. The number of nitrogens with two attached hydrogens (primary N) is 1. The summed E-state index contributed by atoms with van der Waals surface area (Å²) in [5.41, 5.74) is 7.22. The molecule has 0 amide bonds. The molecule has 1 aromatic carbocycles. The summed E-state index contributed by atoms with van der Waals surface area (Å²) in [6.07, 6.45) is 3.07. The summed E-state index contributed by atoms with van der Waals surface area (Å²) in [4.78, 5) is 8.54. The number of hydrogen-bond donors (Lipinski definition) is 2. The second-order valence-corrected chi connectivity index (χ2v) is 7.58. The highest BCUT2D eigenvalue weighted by Crippen LogP contribution is 2.43. The highest BCUT2D eigenvalue weighted by molar-refractivity contribution is 5.44. The van der Waals surface area contributed by atoms with E-state index < -0.39 is 0 Å². The topological polar surface area (TPSA) is 73.1 Å². The zero-order valence-corrected chi connectivity index (χ0v) is 15.4. The Morgan fingerprint density at radius 2 is 1.96 bits per heavy atom. The Bertz CT molecular complexity index is 697. The van der Waals surface area contributed by atoms with Crippen molar-refractivity contribution in [2.24, 2.45) is 0 Å². The molecule has 0 bridgehead atoms. The number of benzene rings is 1. The number of aromatic nitrogens is 2. The zero-order chi connectivity index (χ0) is 17.9. The molecule has 1 fully saturated rings. The maximum absolute atomic E-state index is 5.98. The molecule has 2 heterocycles. The molecular weight excluding hydrogens is 312 g/mol. The first-order valence-corrected chi connectivity index (χ1v) is 8.93. The van der Waals surface area contributed by atoms with Crippen LogP contribution in [0.2, 0.25) is 0 Å². The van der Waals surface area contributed by atoms with Gasteiger partial charge >= 0.3 is 0 Å². The standard InChI is InChI=1S/C20H28N4O/c1-15-23-17(21)13-18(24-15)22-11-9-20(16-7-5-4-6-8-16)10-12-25-19(2,3)14-20/h4-8,13H,9-12,14H2,1-3H3,(H3,21,22,23,24)/t20-/m1/s1. The molecule has 1 aliphatic heterocycles. The number of ether oxygens (including phenoxy) is 1. The maximum atomic E-state index is 5.98. The third kappa shape index (κ3) is 4.28. The zero-order valence-electron chi connectivity index (χ0n) is 15.4. The molecule has 5 nitrogen and oxygen atoms in total. The molecule has 1 atom stereocenters. The van der Waals surface area contributed by atoms with Gasteiger partial charge in [-0.2, -0.15) is 0 Å². The summed E-state index contributed by atoms with van der Waals surface area (Å²) < 4.78 is 5.98. The minimum atomic E-state index is -0.107. The quantitative estimate of drug-likeness (QED) is 0.868. The molecule has 0 spiro atoms. The van der Waals surface area contributed by atoms with Gasteiger partial charge in [-0.05, 0) is 45.6 Å². The molecule has 0 radical (unpaired) electrons. The van der Waals surface area contributed by atoms with E-state index in [-0.39, 0.29) is 11.0 Å². The van der Waals surface area contributed by atoms with E-state index in [0.717, 1.165) is 38.2 Å². The molecular formula is C20H28N4O. The van der Waals surface area contributed by atoms with Crippen LogP contribution in [0.15, 0.2) is 36.4 Å². The van der Waals surface area contributed by atoms with Crippen molar-refractivity contribution in [1.29, 1.82) is 0 Å². The van der Waals surface area contributed by atoms with E-state index in [1.807, 2.05) is 6.92 Å². The Hall–Kier alpha value is -2.14. The molecule has 0 unspecified atom stereocenters. The van der Waals surface area contributed by atoms with Crippen LogP contribution in [-0.4, -0.2) is 28.7 Å². The first-order valence-electron chi connectivity index (χ1n) is 8.93. The Morgan fingerprint density at radius 1 is 1.20 bits per heavy atom. The van der Waals surface area contributed by atoms with Gasteiger partial charge in [-0.3, -0.25) is 0 Å². The van der Waals surface area contributed by atoms with E-state index in [4.69, 9.17) is 10.5 Å². The van der Waals surface area contributed by atoms with E-state index in [1.54, 1.807) is 6.07 Å². The van der Waals surface area contributed by atoms with Crippen LogP contribution in [0.25, 0.3) is 0 Å². The fourth-order valence-electron chi connectivity index (χ4n) is 3.98. The highest BCUT2D eigenvalue weighted by atomic mass is 16.5. The smallest absolute Gasteiger partial charge is 0.131 e. The Labute approximate surface area is 150 Å². The molecule has 25 heavy (non-hydrogen) atoms. The summed E-state index contributed by atoms with van der Waals surface area (Å²) in [6, 6.07) is 12.6. The van der Waals surface area contributed by atoms with E-state index in [1.165, 1.54) is 5.56 Å². The lowest BCUT2D eigenvalue weighted by Gasteiger charge is -2.45. The van der Waals surface area contributed by atoms with Gasteiger partial charge in [0.2, 0.25) is 0 Å². The predicted octanol–water partition coefficient (Wildman–Crippen LogP) is 3.70. The third-order valence-electron chi connectivity index (χ3n) is 4.99. The molecule has 0 aliphatic carbocycles. The number of hydrogen-bond acceptors (Lipinski definition) is 5. The molecule has 0 saturated carbocycles. The number of anilines is 2. The minimum Gasteiger partial charge on any atom is -0.384 e. The minimum absolute atomic E-state index is 0.107. The first-order chi connectivity index (χ1) is 11.9. The maximum Gasteiger partial charge on any atom is 0.131 e. The van der Waals surface area contributed by atoms with Gasteiger partial charge in [-0.15, -0.1) is 0 Å². The lowest BCUT2D eigenvalue weighted by Crippen LogP contribution is -2.44. The van der Waals surface area contributed by atoms with E-state index >= 15 is 0 Å². The van der Waals surface area contributed by atoms with Crippen LogP contribution >= 0.6 is 0 Å². The van der Waals surface area contributed by atoms with Crippen LogP contribution in [-0.2, 0) is 10.2 Å².